The van der Waals surface area contributed by atoms with Crippen LogP contribution in [0.3, 0.4) is 0 Å². The van der Waals surface area contributed by atoms with Gasteiger partial charge in [-0.3, -0.25) is 0 Å². The van der Waals surface area contributed by atoms with Crippen molar-refractivity contribution in [2.45, 2.75) is 0 Å². The van der Waals surface area contributed by atoms with Gasteiger partial charge in [-0.05, 0) is 32.2 Å². The van der Waals surface area contributed by atoms with E-state index in [2.05, 4.69) is 61.2 Å². The molecule has 2 atom stereocenters. The first-order valence-corrected chi connectivity index (χ1v) is 14.8. The van der Waals surface area contributed by atoms with Gasteiger partial charge in [-0.2, -0.15) is 0 Å². The Morgan fingerprint density at radius 3 is 1.59 bits per heavy atom. The summed E-state index contributed by atoms with van der Waals surface area (Å²) in [7, 11) is -1.79. The van der Waals surface area contributed by atoms with Gasteiger partial charge in [0.15, 0.2) is 11.5 Å². The first-order chi connectivity index (χ1) is 18.3. The Bertz CT molecular complexity index is 1700. The maximum atomic E-state index is 6.71. The molecule has 0 aromatic heterocycles. The highest BCUT2D eigenvalue weighted by molar-refractivity contribution is 7.78. The largest absolute Gasteiger partial charge is 0.488 e. The van der Waals surface area contributed by atoms with Gasteiger partial charge in [0.1, 0.15) is 35.4 Å². The van der Waals surface area contributed by atoms with Crippen molar-refractivity contribution >= 4 is 37.1 Å². The van der Waals surface area contributed by atoms with Crippen LogP contribution in [0.25, 0.3) is 0 Å². The predicted molar refractivity (Wildman–Crippen MR) is 149 cm³/mol. The fourth-order valence-corrected chi connectivity index (χ4v) is 10.4. The molecule has 178 valence electrons. The third kappa shape index (κ3) is 3.10. The Labute approximate surface area is 217 Å². The molecule has 0 bridgehead atoms. The quantitative estimate of drug-likeness (QED) is 0.301. The van der Waals surface area contributed by atoms with E-state index in [1.807, 2.05) is 42.5 Å². The van der Waals surface area contributed by atoms with Crippen molar-refractivity contribution in [3.8, 4) is 23.0 Å². The van der Waals surface area contributed by atoms with Crippen LogP contribution in [0, 0.1) is 0 Å². The molecule has 0 fully saturated rings. The van der Waals surface area contributed by atoms with Gasteiger partial charge in [-0.15, -0.1) is 0 Å². The van der Waals surface area contributed by atoms with E-state index in [4.69, 9.17) is 18.9 Å². The summed E-state index contributed by atoms with van der Waals surface area (Å²) >= 11 is 0. The van der Waals surface area contributed by atoms with E-state index >= 15 is 0 Å². The molecule has 4 aromatic rings. The van der Waals surface area contributed by atoms with E-state index < -0.39 is 15.8 Å². The molecule has 0 N–H and O–H groups in total. The van der Waals surface area contributed by atoms with Crippen LogP contribution in [-0.4, -0.2) is 6.61 Å². The van der Waals surface area contributed by atoms with Crippen molar-refractivity contribution in [2.75, 3.05) is 6.61 Å². The minimum atomic E-state index is -0.944. The Hall–Kier alpha value is -3.84. The molecule has 4 aliphatic heterocycles. The van der Waals surface area contributed by atoms with Gasteiger partial charge >= 0.3 is 0 Å². The number of rotatable bonds is 1. The standard InChI is InChI=1S/C31H20O4P2/c1-19-31-30(35-23-13-5-9-17-27(23)37(31)26-16-8-3-11-21(26)33-19)29-28-18-32-20-10-2-6-14-24(20)36(28)25-15-7-4-12-22(25)34-29/h2-17H,1,18H2. The molecule has 0 aliphatic carbocycles. The molecule has 0 spiro atoms. The first kappa shape index (κ1) is 21.3. The lowest BCUT2D eigenvalue weighted by Gasteiger charge is -2.39. The highest BCUT2D eigenvalue weighted by atomic mass is 31.1. The lowest BCUT2D eigenvalue weighted by Crippen LogP contribution is -2.33. The maximum Gasteiger partial charge on any atom is 0.182 e. The molecule has 4 nitrogen and oxygen atoms in total. The molecule has 0 saturated heterocycles. The van der Waals surface area contributed by atoms with Gasteiger partial charge in [0.2, 0.25) is 0 Å². The van der Waals surface area contributed by atoms with Crippen LogP contribution in [0.5, 0.6) is 23.0 Å². The zero-order chi connectivity index (χ0) is 24.5. The van der Waals surface area contributed by atoms with E-state index in [-0.39, 0.29) is 0 Å². The van der Waals surface area contributed by atoms with Gasteiger partial charge in [0.05, 0.1) is 5.31 Å². The molecule has 0 amide bonds. The predicted octanol–water partition coefficient (Wildman–Crippen LogP) is 5.76. The summed E-state index contributed by atoms with van der Waals surface area (Å²) in [6, 6.07) is 33.1. The highest BCUT2D eigenvalue weighted by Gasteiger charge is 2.44. The van der Waals surface area contributed by atoms with Gasteiger partial charge in [-0.1, -0.05) is 79.4 Å². The summed E-state index contributed by atoms with van der Waals surface area (Å²) in [5.74, 6) is 5.49. The number of fused-ring (bicyclic) bond motifs is 10. The van der Waals surface area contributed by atoms with Gasteiger partial charge in [0, 0.05) is 34.5 Å². The van der Waals surface area contributed by atoms with Crippen LogP contribution < -0.4 is 40.2 Å². The Morgan fingerprint density at radius 2 is 0.973 bits per heavy atom. The SMILES string of the molecule is C=C1Oc2ccccc2P2C1=C(C1=C3COc4ccccc4P3c3ccccc3O1)Oc1ccccc12. The number of ether oxygens (including phenoxy) is 4. The fraction of sp³-hybridized carbons (Fsp3) is 0.0323. The Balaban J connectivity index is 1.41. The van der Waals surface area contributed by atoms with Crippen LogP contribution in [0.15, 0.2) is 132 Å². The summed E-state index contributed by atoms with van der Waals surface area (Å²) in [5.41, 5.74) is 0. The van der Waals surface area contributed by atoms with Crippen molar-refractivity contribution in [3.05, 3.63) is 132 Å². The summed E-state index contributed by atoms with van der Waals surface area (Å²) in [4.78, 5) is 0. The highest BCUT2D eigenvalue weighted by Crippen LogP contribution is 2.61. The number of hydrogen-bond acceptors (Lipinski definition) is 4. The molecule has 2 unspecified atom stereocenters. The van der Waals surface area contributed by atoms with E-state index in [0.29, 0.717) is 18.1 Å². The molecule has 8 rings (SSSR count). The van der Waals surface area contributed by atoms with Gasteiger partial charge in [0.25, 0.3) is 0 Å². The third-order valence-electron chi connectivity index (χ3n) is 6.89. The molecular weight excluding hydrogens is 498 g/mol. The third-order valence-corrected chi connectivity index (χ3v) is 12.1. The average molecular weight is 518 g/mol. The molecular formula is C31H20O4P2. The molecule has 0 radical (unpaired) electrons. The first-order valence-electron chi connectivity index (χ1n) is 12.1. The number of para-hydroxylation sites is 4. The lowest BCUT2D eigenvalue weighted by molar-refractivity contribution is 0.318. The minimum absolute atomic E-state index is 0.440. The second-order valence-corrected chi connectivity index (χ2v) is 13.3. The van der Waals surface area contributed by atoms with Crippen molar-refractivity contribution in [1.82, 2.24) is 0 Å². The molecule has 0 saturated carbocycles. The van der Waals surface area contributed by atoms with Crippen molar-refractivity contribution < 1.29 is 18.9 Å². The zero-order valence-corrected chi connectivity index (χ0v) is 21.5. The molecule has 37 heavy (non-hydrogen) atoms. The van der Waals surface area contributed by atoms with E-state index in [1.165, 1.54) is 10.6 Å². The van der Waals surface area contributed by atoms with Crippen LogP contribution >= 0.6 is 15.8 Å². The summed E-state index contributed by atoms with van der Waals surface area (Å²) in [5, 5.41) is 6.77. The molecule has 4 aliphatic rings. The maximum absolute atomic E-state index is 6.71. The Morgan fingerprint density at radius 1 is 0.514 bits per heavy atom. The molecule has 6 heteroatoms. The number of benzene rings is 4. The van der Waals surface area contributed by atoms with Gasteiger partial charge < -0.3 is 18.9 Å². The van der Waals surface area contributed by atoms with E-state index in [1.54, 1.807) is 0 Å². The minimum Gasteiger partial charge on any atom is -0.488 e. The van der Waals surface area contributed by atoms with E-state index in [0.717, 1.165) is 50.0 Å². The van der Waals surface area contributed by atoms with Crippen LogP contribution in [0.4, 0.5) is 0 Å². The lowest BCUT2D eigenvalue weighted by atomic mass is 10.2. The summed E-state index contributed by atoms with van der Waals surface area (Å²) in [6.45, 7) is 4.79. The fourth-order valence-electron chi connectivity index (χ4n) is 5.31. The average Bonchev–Trinajstić information content (AvgIpc) is 2.95. The molecule has 4 heterocycles. The Kier molecular flexibility index (Phi) is 4.64. The normalized spacial score (nSPS) is 20.5. The molecule has 4 aromatic carbocycles. The van der Waals surface area contributed by atoms with Crippen molar-refractivity contribution in [1.29, 1.82) is 0 Å². The van der Waals surface area contributed by atoms with Gasteiger partial charge in [-0.25, -0.2) is 0 Å². The second-order valence-electron chi connectivity index (χ2n) is 9.01. The monoisotopic (exact) mass is 518 g/mol. The zero-order valence-electron chi connectivity index (χ0n) is 19.7. The summed E-state index contributed by atoms with van der Waals surface area (Å²) in [6.07, 6.45) is 0. The topological polar surface area (TPSA) is 36.9 Å². The van der Waals surface area contributed by atoms with E-state index in [9.17, 15) is 0 Å². The smallest absolute Gasteiger partial charge is 0.182 e. The number of hydrogen-bond donors (Lipinski definition) is 0. The van der Waals surface area contributed by atoms with Crippen LogP contribution in [-0.2, 0) is 0 Å². The van der Waals surface area contributed by atoms with Crippen LogP contribution in [0.2, 0.25) is 0 Å². The van der Waals surface area contributed by atoms with Crippen LogP contribution in [0.1, 0.15) is 0 Å². The van der Waals surface area contributed by atoms with Crippen molar-refractivity contribution in [3.63, 3.8) is 0 Å². The van der Waals surface area contributed by atoms with Crippen molar-refractivity contribution in [2.24, 2.45) is 0 Å². The summed E-state index contributed by atoms with van der Waals surface area (Å²) < 4.78 is 26.0. The number of allylic oxidation sites excluding steroid dienone is 1. The second kappa shape index (κ2) is 8.08.